The van der Waals surface area contributed by atoms with E-state index in [9.17, 15) is 0 Å². The molecule has 0 radical (unpaired) electrons. The van der Waals surface area contributed by atoms with Crippen LogP contribution in [0.3, 0.4) is 0 Å². The summed E-state index contributed by atoms with van der Waals surface area (Å²) in [5, 5.41) is 3.14. The normalized spacial score (nSPS) is 26.6. The highest BCUT2D eigenvalue weighted by atomic mass is 16.5. The van der Waals surface area contributed by atoms with Crippen LogP contribution in [0.25, 0.3) is 0 Å². The van der Waals surface area contributed by atoms with Crippen molar-refractivity contribution in [2.45, 2.75) is 12.1 Å². The monoisotopic (exact) mass is 275 g/mol. The van der Waals surface area contributed by atoms with Crippen LogP contribution in [-0.4, -0.2) is 43.7 Å². The molecule has 0 bridgehead atoms. The average molecular weight is 275 g/mol. The van der Waals surface area contributed by atoms with Crippen molar-refractivity contribution < 1.29 is 4.74 Å². The van der Waals surface area contributed by atoms with E-state index in [1.165, 1.54) is 0 Å². The number of hydrogen-bond donors (Lipinski definition) is 3. The molecule has 2 heterocycles. The minimum atomic E-state index is -0.652. The standard InChI is InChI=1S/C14H21N5O/c15-13-17-12-4-2-1-3-11(12)14(16,18-13)5-6-19-7-9-20-10-8-19/h1-4H,5-10,16H2,(H3,15,17,18). The minimum absolute atomic E-state index is 0.383. The molecular formula is C14H21N5O. The quantitative estimate of drug-likeness (QED) is 0.726. The van der Waals surface area contributed by atoms with Crippen LogP contribution >= 0.6 is 0 Å². The third-order valence-corrected chi connectivity index (χ3v) is 3.90. The van der Waals surface area contributed by atoms with Gasteiger partial charge < -0.3 is 21.5 Å². The second-order valence-corrected chi connectivity index (χ2v) is 5.31. The van der Waals surface area contributed by atoms with E-state index in [0.29, 0.717) is 5.96 Å². The van der Waals surface area contributed by atoms with Crippen molar-refractivity contribution in [3.05, 3.63) is 29.8 Å². The number of para-hydroxylation sites is 1. The summed E-state index contributed by atoms with van der Waals surface area (Å²) in [6.45, 7) is 4.42. The van der Waals surface area contributed by atoms with E-state index in [2.05, 4.69) is 15.2 Å². The summed E-state index contributed by atoms with van der Waals surface area (Å²) in [7, 11) is 0. The van der Waals surface area contributed by atoms with Crippen molar-refractivity contribution in [2.24, 2.45) is 16.5 Å². The van der Waals surface area contributed by atoms with Crippen molar-refractivity contribution in [3.8, 4) is 0 Å². The van der Waals surface area contributed by atoms with Gasteiger partial charge in [0.05, 0.1) is 18.9 Å². The highest BCUT2D eigenvalue weighted by Crippen LogP contribution is 2.32. The Bertz CT molecular complexity index is 512. The molecule has 1 saturated heterocycles. The van der Waals surface area contributed by atoms with Gasteiger partial charge in [0.1, 0.15) is 5.66 Å². The van der Waals surface area contributed by atoms with E-state index in [-0.39, 0.29) is 0 Å². The number of ether oxygens (including phenoxy) is 1. The van der Waals surface area contributed by atoms with Gasteiger partial charge in [-0.2, -0.15) is 0 Å². The number of guanidine groups is 1. The maximum atomic E-state index is 6.55. The molecule has 0 amide bonds. The largest absolute Gasteiger partial charge is 0.379 e. The van der Waals surface area contributed by atoms with Gasteiger partial charge >= 0.3 is 0 Å². The summed E-state index contributed by atoms with van der Waals surface area (Å²) in [5.41, 5.74) is 13.6. The lowest BCUT2D eigenvalue weighted by atomic mass is 9.93. The molecule has 0 aromatic heterocycles. The molecule has 2 aliphatic heterocycles. The van der Waals surface area contributed by atoms with Crippen molar-refractivity contribution in [3.63, 3.8) is 0 Å². The number of aliphatic imine (C=N–C) groups is 1. The summed E-state index contributed by atoms with van der Waals surface area (Å²) >= 11 is 0. The molecule has 0 spiro atoms. The number of benzene rings is 1. The first-order chi connectivity index (χ1) is 9.67. The Hall–Kier alpha value is -1.63. The zero-order valence-corrected chi connectivity index (χ0v) is 11.5. The molecule has 0 aliphatic carbocycles. The van der Waals surface area contributed by atoms with E-state index < -0.39 is 5.66 Å². The molecule has 3 rings (SSSR count). The Labute approximate surface area is 118 Å². The van der Waals surface area contributed by atoms with Crippen LogP contribution in [0, 0.1) is 0 Å². The zero-order valence-electron chi connectivity index (χ0n) is 11.5. The molecule has 1 unspecified atom stereocenters. The molecule has 108 valence electrons. The molecule has 20 heavy (non-hydrogen) atoms. The molecule has 5 N–H and O–H groups in total. The Kier molecular flexibility index (Phi) is 3.60. The minimum Gasteiger partial charge on any atom is -0.379 e. The van der Waals surface area contributed by atoms with Gasteiger partial charge in [-0.05, 0) is 6.07 Å². The number of rotatable bonds is 3. The van der Waals surface area contributed by atoms with Crippen molar-refractivity contribution in [2.75, 3.05) is 32.8 Å². The predicted octanol–water partition coefficient (Wildman–Crippen LogP) is 0.0698. The second-order valence-electron chi connectivity index (χ2n) is 5.31. The van der Waals surface area contributed by atoms with Crippen molar-refractivity contribution in [1.29, 1.82) is 0 Å². The van der Waals surface area contributed by atoms with Crippen molar-refractivity contribution >= 4 is 11.6 Å². The smallest absolute Gasteiger partial charge is 0.195 e. The molecular weight excluding hydrogens is 254 g/mol. The highest BCUT2D eigenvalue weighted by Gasteiger charge is 2.33. The SMILES string of the molecule is NC1=Nc2ccccc2C(N)(CCN2CCOCC2)N1. The number of fused-ring (bicyclic) bond motifs is 1. The maximum Gasteiger partial charge on any atom is 0.195 e. The van der Waals surface area contributed by atoms with E-state index in [1.54, 1.807) is 0 Å². The van der Waals surface area contributed by atoms with E-state index in [4.69, 9.17) is 16.2 Å². The summed E-state index contributed by atoms with van der Waals surface area (Å²) in [4.78, 5) is 6.67. The molecule has 1 fully saturated rings. The highest BCUT2D eigenvalue weighted by molar-refractivity contribution is 5.84. The van der Waals surface area contributed by atoms with Gasteiger partial charge in [-0.15, -0.1) is 0 Å². The fourth-order valence-electron chi connectivity index (χ4n) is 2.76. The third-order valence-electron chi connectivity index (χ3n) is 3.90. The van der Waals surface area contributed by atoms with Gasteiger partial charge in [-0.25, -0.2) is 4.99 Å². The van der Waals surface area contributed by atoms with Gasteiger partial charge in [-0.1, -0.05) is 18.2 Å². The number of nitrogens with one attached hydrogen (secondary N) is 1. The van der Waals surface area contributed by atoms with Gasteiger partial charge in [-0.3, -0.25) is 4.90 Å². The van der Waals surface area contributed by atoms with Crippen LogP contribution in [0.2, 0.25) is 0 Å². The Morgan fingerprint density at radius 3 is 2.85 bits per heavy atom. The third kappa shape index (κ3) is 2.63. The fourth-order valence-corrected chi connectivity index (χ4v) is 2.76. The zero-order chi connectivity index (χ0) is 14.0. The number of nitrogens with two attached hydrogens (primary N) is 2. The topological polar surface area (TPSA) is 88.9 Å². The van der Waals surface area contributed by atoms with Gasteiger partial charge in [0.2, 0.25) is 0 Å². The van der Waals surface area contributed by atoms with Crippen LogP contribution < -0.4 is 16.8 Å². The first kappa shape index (κ1) is 13.4. The summed E-state index contributed by atoms with van der Waals surface area (Å²) < 4.78 is 5.36. The lowest BCUT2D eigenvalue weighted by Crippen LogP contribution is -2.58. The summed E-state index contributed by atoms with van der Waals surface area (Å²) in [6, 6.07) is 7.88. The van der Waals surface area contributed by atoms with Crippen LogP contribution in [0.4, 0.5) is 5.69 Å². The molecule has 1 atom stereocenters. The fraction of sp³-hybridized carbons (Fsp3) is 0.500. The molecule has 6 heteroatoms. The lowest BCUT2D eigenvalue weighted by molar-refractivity contribution is 0.0338. The average Bonchev–Trinajstić information content (AvgIpc) is 2.46. The Balaban J connectivity index is 1.75. The summed E-state index contributed by atoms with van der Waals surface area (Å²) in [6.07, 6.45) is 0.778. The molecule has 6 nitrogen and oxygen atoms in total. The Morgan fingerprint density at radius 1 is 1.30 bits per heavy atom. The van der Waals surface area contributed by atoms with Crippen LogP contribution in [0.5, 0.6) is 0 Å². The predicted molar refractivity (Wildman–Crippen MR) is 78.6 cm³/mol. The number of morpholine rings is 1. The maximum absolute atomic E-state index is 6.55. The van der Waals surface area contributed by atoms with E-state index in [1.807, 2.05) is 24.3 Å². The Morgan fingerprint density at radius 2 is 2.05 bits per heavy atom. The first-order valence-electron chi connectivity index (χ1n) is 6.98. The molecule has 1 aromatic carbocycles. The second kappa shape index (κ2) is 5.40. The van der Waals surface area contributed by atoms with Crippen molar-refractivity contribution in [1.82, 2.24) is 10.2 Å². The van der Waals surface area contributed by atoms with E-state index in [0.717, 1.165) is 50.5 Å². The molecule has 1 aromatic rings. The van der Waals surface area contributed by atoms with Gasteiger partial charge in [0, 0.05) is 31.6 Å². The van der Waals surface area contributed by atoms with Crippen LogP contribution in [0.1, 0.15) is 12.0 Å². The molecule has 2 aliphatic rings. The first-order valence-corrected chi connectivity index (χ1v) is 6.98. The van der Waals surface area contributed by atoms with E-state index >= 15 is 0 Å². The van der Waals surface area contributed by atoms with Crippen LogP contribution in [-0.2, 0) is 10.4 Å². The van der Waals surface area contributed by atoms with Crippen LogP contribution in [0.15, 0.2) is 29.3 Å². The summed E-state index contributed by atoms with van der Waals surface area (Å²) in [5.74, 6) is 0.383. The number of nitrogens with zero attached hydrogens (tertiary/aromatic N) is 2. The van der Waals surface area contributed by atoms with Gasteiger partial charge in [0.15, 0.2) is 5.96 Å². The number of hydrogen-bond acceptors (Lipinski definition) is 6. The molecule has 0 saturated carbocycles. The lowest BCUT2D eigenvalue weighted by Gasteiger charge is -2.37. The van der Waals surface area contributed by atoms with Gasteiger partial charge in [0.25, 0.3) is 0 Å².